The molecule has 6 nitrogen and oxygen atoms in total. The third kappa shape index (κ3) is 2.96. The van der Waals surface area contributed by atoms with E-state index in [-0.39, 0.29) is 0 Å². The minimum Gasteiger partial charge on any atom is -0.329 e. The lowest BCUT2D eigenvalue weighted by atomic mass is 9.96. The van der Waals surface area contributed by atoms with E-state index in [2.05, 4.69) is 27.3 Å². The maximum absolute atomic E-state index is 5.93. The number of nitrogens with two attached hydrogens (primary N) is 1. The molecule has 6 heteroatoms. The quantitative estimate of drug-likeness (QED) is 0.919. The van der Waals surface area contributed by atoms with Crippen LogP contribution < -0.4 is 5.73 Å². The van der Waals surface area contributed by atoms with Crippen molar-refractivity contribution < 1.29 is 0 Å². The van der Waals surface area contributed by atoms with Crippen LogP contribution in [0.15, 0.2) is 30.3 Å². The molecule has 0 spiro atoms. The molecule has 2 atom stereocenters. The number of aromatic nitrogens is 4. The Morgan fingerprint density at radius 1 is 1.24 bits per heavy atom. The molecule has 3 rings (SSSR count). The maximum atomic E-state index is 5.93. The highest BCUT2D eigenvalue weighted by Crippen LogP contribution is 2.24. The van der Waals surface area contributed by atoms with E-state index in [1.54, 1.807) is 0 Å². The van der Waals surface area contributed by atoms with Gasteiger partial charge < -0.3 is 5.73 Å². The summed E-state index contributed by atoms with van der Waals surface area (Å²) in [6, 6.07) is 11.0. The van der Waals surface area contributed by atoms with Crippen molar-refractivity contribution in [3.8, 4) is 5.69 Å². The van der Waals surface area contributed by atoms with Crippen LogP contribution >= 0.6 is 0 Å². The predicted octanol–water partition coefficient (Wildman–Crippen LogP) is 1.36. The Kier molecular flexibility index (Phi) is 4.26. The molecule has 2 aromatic rings. The number of para-hydroxylation sites is 1. The first-order valence-corrected chi connectivity index (χ1v) is 7.58. The minimum atomic E-state index is 0.426. The number of benzene rings is 1. The second-order valence-corrected chi connectivity index (χ2v) is 5.68. The van der Waals surface area contributed by atoms with Gasteiger partial charge in [-0.1, -0.05) is 24.6 Å². The molecule has 0 bridgehead atoms. The van der Waals surface area contributed by atoms with Crippen LogP contribution in [0.3, 0.4) is 0 Å². The van der Waals surface area contributed by atoms with Gasteiger partial charge in [0, 0.05) is 18.6 Å². The van der Waals surface area contributed by atoms with Gasteiger partial charge in [0.05, 0.1) is 12.2 Å². The van der Waals surface area contributed by atoms with Gasteiger partial charge in [-0.2, -0.15) is 4.68 Å². The first kappa shape index (κ1) is 14.2. The van der Waals surface area contributed by atoms with E-state index >= 15 is 0 Å². The van der Waals surface area contributed by atoms with E-state index in [1.807, 2.05) is 35.0 Å². The molecule has 2 heterocycles. The maximum Gasteiger partial charge on any atom is 0.170 e. The molecule has 0 aliphatic carbocycles. The lowest BCUT2D eigenvalue weighted by Gasteiger charge is -2.39. The average molecular weight is 286 g/mol. The van der Waals surface area contributed by atoms with Gasteiger partial charge in [0.1, 0.15) is 0 Å². The van der Waals surface area contributed by atoms with Crippen molar-refractivity contribution in [2.75, 3.05) is 6.54 Å². The van der Waals surface area contributed by atoms with Crippen LogP contribution in [0.4, 0.5) is 0 Å². The fourth-order valence-electron chi connectivity index (χ4n) is 3.12. The molecule has 2 N–H and O–H groups in total. The summed E-state index contributed by atoms with van der Waals surface area (Å²) in [5.74, 6) is 0.869. The second kappa shape index (κ2) is 6.32. The van der Waals surface area contributed by atoms with Crippen LogP contribution in [-0.2, 0) is 6.54 Å². The second-order valence-electron chi connectivity index (χ2n) is 5.68. The van der Waals surface area contributed by atoms with E-state index in [1.165, 1.54) is 12.8 Å². The van der Waals surface area contributed by atoms with Gasteiger partial charge in [-0.3, -0.25) is 4.90 Å². The van der Waals surface area contributed by atoms with Gasteiger partial charge in [-0.15, -0.1) is 5.10 Å². The van der Waals surface area contributed by atoms with Crippen LogP contribution in [0, 0.1) is 0 Å². The smallest absolute Gasteiger partial charge is 0.170 e. The zero-order chi connectivity index (χ0) is 14.7. The average Bonchev–Trinajstić information content (AvgIpc) is 2.98. The van der Waals surface area contributed by atoms with Gasteiger partial charge in [-0.25, -0.2) is 0 Å². The molecule has 2 unspecified atom stereocenters. The molecule has 1 aliphatic heterocycles. The van der Waals surface area contributed by atoms with Gasteiger partial charge in [0.25, 0.3) is 0 Å². The molecule has 0 saturated carbocycles. The highest BCUT2D eigenvalue weighted by molar-refractivity contribution is 5.30. The summed E-state index contributed by atoms with van der Waals surface area (Å²) in [4.78, 5) is 2.44. The predicted molar refractivity (Wildman–Crippen MR) is 80.9 cm³/mol. The van der Waals surface area contributed by atoms with E-state index in [9.17, 15) is 0 Å². The number of piperidine rings is 1. The lowest BCUT2D eigenvalue weighted by molar-refractivity contribution is 0.0855. The van der Waals surface area contributed by atoms with Gasteiger partial charge >= 0.3 is 0 Å². The van der Waals surface area contributed by atoms with E-state index in [4.69, 9.17) is 5.73 Å². The number of rotatable bonds is 4. The minimum absolute atomic E-state index is 0.426. The SMILES string of the molecule is CC1CCCC(CN)N1Cc1nnnn1-c1ccccc1. The van der Waals surface area contributed by atoms with Gasteiger partial charge in [0.2, 0.25) is 0 Å². The van der Waals surface area contributed by atoms with Crippen LogP contribution in [0.1, 0.15) is 32.0 Å². The summed E-state index contributed by atoms with van der Waals surface area (Å²) in [6.07, 6.45) is 3.63. The Morgan fingerprint density at radius 2 is 2.05 bits per heavy atom. The number of hydrogen-bond donors (Lipinski definition) is 1. The van der Waals surface area contributed by atoms with Crippen LogP contribution in [0.2, 0.25) is 0 Å². The van der Waals surface area contributed by atoms with Crippen molar-refractivity contribution in [2.45, 2.75) is 44.8 Å². The topological polar surface area (TPSA) is 72.9 Å². The van der Waals surface area contributed by atoms with E-state index < -0.39 is 0 Å². The monoisotopic (exact) mass is 286 g/mol. The molecular weight excluding hydrogens is 264 g/mol. The van der Waals surface area contributed by atoms with Crippen molar-refractivity contribution in [3.63, 3.8) is 0 Å². The molecule has 1 aliphatic rings. The summed E-state index contributed by atoms with van der Waals surface area (Å²) in [6.45, 7) is 3.70. The zero-order valence-corrected chi connectivity index (χ0v) is 12.4. The summed E-state index contributed by atoms with van der Waals surface area (Å²) in [5, 5.41) is 12.2. The van der Waals surface area contributed by atoms with Gasteiger partial charge in [0.15, 0.2) is 5.82 Å². The molecule has 1 saturated heterocycles. The summed E-state index contributed by atoms with van der Waals surface area (Å²) >= 11 is 0. The Balaban J connectivity index is 1.83. The van der Waals surface area contributed by atoms with Crippen LogP contribution in [0.25, 0.3) is 5.69 Å². The first-order chi connectivity index (χ1) is 10.3. The van der Waals surface area contributed by atoms with Crippen molar-refractivity contribution in [1.29, 1.82) is 0 Å². The molecular formula is C15H22N6. The molecule has 0 amide bonds. The van der Waals surface area contributed by atoms with Crippen molar-refractivity contribution in [2.24, 2.45) is 5.73 Å². The van der Waals surface area contributed by atoms with E-state index in [0.29, 0.717) is 18.6 Å². The molecule has 21 heavy (non-hydrogen) atoms. The largest absolute Gasteiger partial charge is 0.329 e. The Hall–Kier alpha value is -1.79. The number of likely N-dealkylation sites (tertiary alicyclic amines) is 1. The highest BCUT2D eigenvalue weighted by Gasteiger charge is 2.28. The third-order valence-electron chi connectivity index (χ3n) is 4.33. The Morgan fingerprint density at radius 3 is 2.81 bits per heavy atom. The van der Waals surface area contributed by atoms with E-state index in [0.717, 1.165) is 24.5 Å². The molecule has 1 fully saturated rings. The summed E-state index contributed by atoms with van der Waals surface area (Å²) in [5.41, 5.74) is 6.93. The van der Waals surface area contributed by atoms with Crippen molar-refractivity contribution >= 4 is 0 Å². The van der Waals surface area contributed by atoms with Crippen LogP contribution in [0.5, 0.6) is 0 Å². The third-order valence-corrected chi connectivity index (χ3v) is 4.33. The normalized spacial score (nSPS) is 23.3. The summed E-state index contributed by atoms with van der Waals surface area (Å²) in [7, 11) is 0. The summed E-state index contributed by atoms with van der Waals surface area (Å²) < 4.78 is 1.81. The Labute approximate surface area is 124 Å². The number of nitrogens with zero attached hydrogens (tertiary/aromatic N) is 5. The highest BCUT2D eigenvalue weighted by atomic mass is 15.5. The van der Waals surface area contributed by atoms with Crippen LogP contribution in [-0.4, -0.2) is 43.7 Å². The van der Waals surface area contributed by atoms with Gasteiger partial charge in [-0.05, 0) is 42.3 Å². The lowest BCUT2D eigenvalue weighted by Crippen LogP contribution is -2.48. The molecule has 112 valence electrons. The Bertz CT molecular complexity index is 567. The van der Waals surface area contributed by atoms with Crippen molar-refractivity contribution in [1.82, 2.24) is 25.1 Å². The zero-order valence-electron chi connectivity index (χ0n) is 12.4. The first-order valence-electron chi connectivity index (χ1n) is 7.58. The fourth-order valence-corrected chi connectivity index (χ4v) is 3.12. The fraction of sp³-hybridized carbons (Fsp3) is 0.533. The number of hydrogen-bond acceptors (Lipinski definition) is 5. The number of tetrazole rings is 1. The molecule has 0 radical (unpaired) electrons. The standard InChI is InChI=1S/C15H22N6/c1-12-6-5-9-14(10-16)20(12)11-15-17-18-19-21(15)13-7-3-2-4-8-13/h2-4,7-8,12,14H,5-6,9-11,16H2,1H3. The molecule has 1 aromatic heterocycles. The molecule has 1 aromatic carbocycles. The van der Waals surface area contributed by atoms with Crippen molar-refractivity contribution in [3.05, 3.63) is 36.2 Å².